The summed E-state index contributed by atoms with van der Waals surface area (Å²) in [6, 6.07) is 0. The molecule has 0 aliphatic heterocycles. The first kappa shape index (κ1) is 34.4. The molecule has 0 saturated carbocycles. The normalized spacial score (nSPS) is 18.1. The lowest BCUT2D eigenvalue weighted by Gasteiger charge is -2.45. The zero-order valence-corrected chi connectivity index (χ0v) is 30.0. The van der Waals surface area contributed by atoms with Crippen molar-refractivity contribution in [2.24, 2.45) is 5.16 Å². The topological polar surface area (TPSA) is 67.7 Å². The maximum absolute atomic E-state index is 6.90. The van der Waals surface area contributed by atoms with Crippen molar-refractivity contribution in [3.05, 3.63) is 0 Å². The summed E-state index contributed by atoms with van der Waals surface area (Å²) in [6.45, 7) is 33.4. The van der Waals surface area contributed by atoms with Gasteiger partial charge in [0.05, 0.1) is 25.0 Å². The largest absolute Gasteiger partial charge is 0.415 e. The Morgan fingerprint density at radius 1 is 0.559 bits per heavy atom. The fraction of sp³-hybridized carbons (Fsp3) is 0.955. The van der Waals surface area contributed by atoms with Gasteiger partial charge in [-0.3, -0.25) is 0 Å². The Morgan fingerprint density at radius 2 is 0.971 bits per heavy atom. The SMILES string of the molecule is CON=C[C@H](O[Si](C)(C)C)[C@@H](O[Si](C)(C)C)[C@H](O[Si](C)(C)C)[C@@H](CO[Si](C)(C)C)O[Si](C)(C)C. The highest BCUT2D eigenvalue weighted by Gasteiger charge is 2.44. The van der Waals surface area contributed by atoms with E-state index in [-0.39, 0.29) is 12.2 Å². The van der Waals surface area contributed by atoms with Crippen molar-refractivity contribution in [1.82, 2.24) is 0 Å². The molecule has 0 heterocycles. The van der Waals surface area contributed by atoms with Gasteiger partial charge in [-0.05, 0) is 98.2 Å². The van der Waals surface area contributed by atoms with Gasteiger partial charge in [0.25, 0.3) is 0 Å². The molecule has 4 atom stereocenters. The van der Waals surface area contributed by atoms with Gasteiger partial charge in [-0.25, -0.2) is 0 Å². The summed E-state index contributed by atoms with van der Waals surface area (Å²) < 4.78 is 33.6. The van der Waals surface area contributed by atoms with Crippen LogP contribution in [0.4, 0.5) is 0 Å². The van der Waals surface area contributed by atoms with E-state index < -0.39 is 53.8 Å². The summed E-state index contributed by atoms with van der Waals surface area (Å²) in [5, 5.41) is 4.11. The molecule has 0 aromatic heterocycles. The standard InChI is InChI=1S/C22H55NO6Si5/c1-24-23-17-19(26-31(5,6)7)21(28-33(11,12)13)22(29-34(14,15)16)20(27-32(8,9)10)18-25-30(2,3)4/h17,19-22H,18H2,1-16H3/t19-,20+,21+,22+/m0/s1. The molecule has 0 unspecified atom stereocenters. The summed E-state index contributed by atoms with van der Waals surface area (Å²) >= 11 is 0. The lowest BCUT2D eigenvalue weighted by atomic mass is 10.0. The lowest BCUT2D eigenvalue weighted by Crippen LogP contribution is -2.60. The summed E-state index contributed by atoms with van der Waals surface area (Å²) in [7, 11) is -8.13. The molecule has 0 radical (unpaired) electrons. The van der Waals surface area contributed by atoms with Crippen LogP contribution in [0.5, 0.6) is 0 Å². The first-order chi connectivity index (χ1) is 14.9. The van der Waals surface area contributed by atoms with Gasteiger partial charge in [-0.15, -0.1) is 0 Å². The lowest BCUT2D eigenvalue weighted by molar-refractivity contribution is -0.0733. The van der Waals surface area contributed by atoms with Crippen molar-refractivity contribution in [1.29, 1.82) is 0 Å². The highest BCUT2D eigenvalue weighted by atomic mass is 28.4. The Bertz CT molecular complexity index is 618. The first-order valence-corrected chi connectivity index (χ1v) is 29.4. The van der Waals surface area contributed by atoms with Crippen LogP contribution >= 0.6 is 0 Å². The monoisotopic (exact) mass is 569 g/mol. The minimum Gasteiger partial charge on any atom is -0.415 e. The molecule has 34 heavy (non-hydrogen) atoms. The van der Waals surface area contributed by atoms with Crippen molar-refractivity contribution in [2.45, 2.75) is 123 Å². The fourth-order valence-corrected chi connectivity index (χ4v) is 8.16. The van der Waals surface area contributed by atoms with E-state index in [4.69, 9.17) is 27.0 Å². The fourth-order valence-electron chi connectivity index (χ4n) is 3.19. The van der Waals surface area contributed by atoms with E-state index in [2.05, 4.69) is 103 Å². The van der Waals surface area contributed by atoms with Crippen LogP contribution in [0.2, 0.25) is 98.2 Å². The summed E-state index contributed by atoms with van der Waals surface area (Å²) in [4.78, 5) is 5.07. The van der Waals surface area contributed by atoms with E-state index in [0.29, 0.717) is 6.61 Å². The second-order valence-corrected chi connectivity index (χ2v) is 36.1. The Kier molecular flexibility index (Phi) is 13.4. The van der Waals surface area contributed by atoms with E-state index in [0.717, 1.165) is 0 Å². The second kappa shape index (κ2) is 13.2. The second-order valence-electron chi connectivity index (χ2n) is 13.7. The Labute approximate surface area is 215 Å². The van der Waals surface area contributed by atoms with Crippen LogP contribution in [0, 0.1) is 0 Å². The number of nitrogens with zero attached hydrogens (tertiary/aromatic N) is 1. The van der Waals surface area contributed by atoms with Gasteiger partial charge in [0.15, 0.2) is 41.6 Å². The van der Waals surface area contributed by atoms with Gasteiger partial charge in [0, 0.05) is 0 Å². The number of hydrogen-bond acceptors (Lipinski definition) is 7. The van der Waals surface area contributed by atoms with Crippen LogP contribution < -0.4 is 0 Å². The molecule has 0 rings (SSSR count). The van der Waals surface area contributed by atoms with E-state index >= 15 is 0 Å². The maximum Gasteiger partial charge on any atom is 0.184 e. The third-order valence-corrected chi connectivity index (χ3v) is 8.96. The number of rotatable bonds is 16. The van der Waals surface area contributed by atoms with Gasteiger partial charge >= 0.3 is 0 Å². The predicted octanol–water partition coefficient (Wildman–Crippen LogP) is 6.35. The van der Waals surface area contributed by atoms with E-state index in [9.17, 15) is 0 Å². The van der Waals surface area contributed by atoms with Crippen LogP contribution in [-0.4, -0.2) is 85.9 Å². The molecular weight excluding hydrogens is 515 g/mol. The molecule has 0 bridgehead atoms. The Balaban J connectivity index is 6.73. The van der Waals surface area contributed by atoms with Gasteiger partial charge < -0.3 is 27.0 Å². The molecule has 0 N–H and O–H groups in total. The van der Waals surface area contributed by atoms with Gasteiger partial charge in [0.2, 0.25) is 0 Å². The van der Waals surface area contributed by atoms with Crippen molar-refractivity contribution in [2.75, 3.05) is 13.7 Å². The van der Waals surface area contributed by atoms with Crippen molar-refractivity contribution < 1.29 is 27.0 Å². The van der Waals surface area contributed by atoms with Crippen LogP contribution in [0.3, 0.4) is 0 Å². The summed E-state index contributed by atoms with van der Waals surface area (Å²) in [5.74, 6) is 0. The third kappa shape index (κ3) is 17.7. The van der Waals surface area contributed by atoms with Gasteiger partial charge in [-0.1, -0.05) is 5.16 Å². The van der Waals surface area contributed by atoms with E-state index in [1.807, 2.05) is 0 Å². The van der Waals surface area contributed by atoms with Crippen molar-refractivity contribution >= 4 is 47.8 Å². The minimum absolute atomic E-state index is 0.268. The van der Waals surface area contributed by atoms with Gasteiger partial charge in [0.1, 0.15) is 19.3 Å². The molecule has 7 nitrogen and oxygen atoms in total. The minimum atomic E-state index is -2.01. The molecule has 0 aliphatic carbocycles. The smallest absolute Gasteiger partial charge is 0.184 e. The van der Waals surface area contributed by atoms with Crippen molar-refractivity contribution in [3.63, 3.8) is 0 Å². The number of oxime groups is 1. The molecule has 0 fully saturated rings. The highest BCUT2D eigenvalue weighted by Crippen LogP contribution is 2.28. The Morgan fingerprint density at radius 3 is 1.32 bits per heavy atom. The zero-order chi connectivity index (χ0) is 27.2. The van der Waals surface area contributed by atoms with E-state index in [1.165, 1.54) is 0 Å². The summed E-state index contributed by atoms with van der Waals surface area (Å²) in [6.07, 6.45) is 0.297. The maximum atomic E-state index is 6.90. The molecule has 0 spiro atoms. The molecule has 0 amide bonds. The average Bonchev–Trinajstić information content (AvgIpc) is 2.54. The van der Waals surface area contributed by atoms with Crippen LogP contribution in [0.25, 0.3) is 0 Å². The molecule has 0 aliphatic rings. The molecule has 0 saturated heterocycles. The molecule has 0 aromatic carbocycles. The van der Waals surface area contributed by atoms with Crippen LogP contribution in [-0.2, 0) is 27.0 Å². The predicted molar refractivity (Wildman–Crippen MR) is 158 cm³/mol. The van der Waals surface area contributed by atoms with Gasteiger partial charge in [-0.2, -0.15) is 0 Å². The molecule has 0 aromatic rings. The molecule has 12 heteroatoms. The average molecular weight is 570 g/mol. The summed E-state index contributed by atoms with van der Waals surface area (Å²) in [5.41, 5.74) is 0. The number of hydrogen-bond donors (Lipinski definition) is 0. The quantitative estimate of drug-likeness (QED) is 0.123. The van der Waals surface area contributed by atoms with Crippen LogP contribution in [0.15, 0.2) is 5.16 Å². The first-order valence-electron chi connectivity index (χ1n) is 12.3. The third-order valence-electron chi connectivity index (χ3n) is 3.98. The molecular formula is C22H55NO6Si5. The van der Waals surface area contributed by atoms with Crippen molar-refractivity contribution in [3.8, 4) is 0 Å². The molecule has 204 valence electrons. The highest BCUT2D eigenvalue weighted by molar-refractivity contribution is 6.71. The van der Waals surface area contributed by atoms with E-state index in [1.54, 1.807) is 13.3 Å². The van der Waals surface area contributed by atoms with Crippen LogP contribution in [0.1, 0.15) is 0 Å². The zero-order valence-electron chi connectivity index (χ0n) is 25.0. The Hall–Kier alpha value is 0.354.